The summed E-state index contributed by atoms with van der Waals surface area (Å²) in [5, 5.41) is 20.0. The first-order chi connectivity index (χ1) is 16.9. The summed E-state index contributed by atoms with van der Waals surface area (Å²) >= 11 is 0. The molecule has 3 aromatic carbocycles. The van der Waals surface area contributed by atoms with E-state index in [1.54, 1.807) is 36.4 Å². The van der Waals surface area contributed by atoms with Crippen molar-refractivity contribution in [3.05, 3.63) is 101 Å². The van der Waals surface area contributed by atoms with Crippen LogP contribution in [0.1, 0.15) is 69.5 Å². The number of aliphatic hydroxyl groups is 2. The van der Waals surface area contributed by atoms with Gasteiger partial charge in [0, 0.05) is 11.1 Å². The minimum absolute atomic E-state index is 0.0606. The molecule has 7 heteroatoms. The summed E-state index contributed by atoms with van der Waals surface area (Å²) in [6.07, 6.45) is 0.944. The molecule has 4 aromatic rings. The zero-order valence-electron chi connectivity index (χ0n) is 19.4. The molecule has 2 atom stereocenters. The Morgan fingerprint density at radius 2 is 1.80 bits per heavy atom. The molecule has 1 aromatic heterocycles. The van der Waals surface area contributed by atoms with E-state index in [4.69, 9.17) is 0 Å². The van der Waals surface area contributed by atoms with Crippen molar-refractivity contribution in [1.82, 2.24) is 9.97 Å². The smallest absolute Gasteiger partial charge is 0.181 e. The van der Waals surface area contributed by atoms with Crippen LogP contribution in [0.3, 0.4) is 0 Å². The monoisotopic (exact) mass is 474 g/mol. The number of aromatic nitrogens is 2. The van der Waals surface area contributed by atoms with Crippen LogP contribution in [0.2, 0.25) is 0 Å². The molecule has 180 valence electrons. The Labute approximate surface area is 202 Å². The van der Waals surface area contributed by atoms with Gasteiger partial charge in [-0.3, -0.25) is 9.59 Å². The van der Waals surface area contributed by atoms with Crippen LogP contribution < -0.4 is 0 Å². The second kappa shape index (κ2) is 10.7. The van der Waals surface area contributed by atoms with Gasteiger partial charge >= 0.3 is 0 Å². The van der Waals surface area contributed by atoms with Gasteiger partial charge < -0.3 is 15.2 Å². The molecular weight excluding hydrogens is 447 g/mol. The number of carbonyl (C=O) groups is 2. The summed E-state index contributed by atoms with van der Waals surface area (Å²) < 4.78 is 14.0. The first-order valence-corrected chi connectivity index (χ1v) is 11.6. The number of nitrogens with one attached hydrogen (secondary N) is 1. The fourth-order valence-corrected chi connectivity index (χ4v) is 4.32. The maximum atomic E-state index is 14.1. The van der Waals surface area contributed by atoms with Crippen LogP contribution in [0.15, 0.2) is 66.7 Å². The van der Waals surface area contributed by atoms with E-state index >= 15 is 0 Å². The summed E-state index contributed by atoms with van der Waals surface area (Å²) in [4.78, 5) is 35.3. The number of nitrogens with zero attached hydrogens (tertiary/aromatic N) is 1. The molecule has 6 nitrogen and oxygen atoms in total. The van der Waals surface area contributed by atoms with Gasteiger partial charge in [-0.25, -0.2) is 9.37 Å². The molecule has 35 heavy (non-hydrogen) atoms. The lowest BCUT2D eigenvalue weighted by molar-refractivity contribution is 0.0853. The number of benzene rings is 3. The highest BCUT2D eigenvalue weighted by Crippen LogP contribution is 2.31. The van der Waals surface area contributed by atoms with Crippen LogP contribution >= 0.6 is 0 Å². The molecule has 0 radical (unpaired) electrons. The first kappa shape index (κ1) is 24.4. The van der Waals surface area contributed by atoms with E-state index in [1.807, 2.05) is 13.0 Å². The van der Waals surface area contributed by atoms with Gasteiger partial charge in [-0.15, -0.1) is 0 Å². The largest absolute Gasteiger partial charge is 0.393 e. The minimum Gasteiger partial charge on any atom is -0.393 e. The van der Waals surface area contributed by atoms with Gasteiger partial charge in [-0.2, -0.15) is 0 Å². The van der Waals surface area contributed by atoms with E-state index in [9.17, 15) is 24.2 Å². The third kappa shape index (κ3) is 5.06. The van der Waals surface area contributed by atoms with Gasteiger partial charge in [0.2, 0.25) is 0 Å². The third-order valence-corrected chi connectivity index (χ3v) is 6.10. The predicted molar refractivity (Wildman–Crippen MR) is 131 cm³/mol. The number of hydrogen-bond donors (Lipinski definition) is 3. The van der Waals surface area contributed by atoms with Crippen molar-refractivity contribution in [2.24, 2.45) is 0 Å². The molecule has 0 bridgehead atoms. The number of rotatable bonds is 10. The number of imidazole rings is 1. The number of H-pyrrole nitrogens is 1. The van der Waals surface area contributed by atoms with Gasteiger partial charge in [0.15, 0.2) is 11.6 Å². The zero-order valence-corrected chi connectivity index (χ0v) is 19.4. The van der Waals surface area contributed by atoms with E-state index in [1.165, 1.54) is 18.2 Å². The topological polar surface area (TPSA) is 103 Å². The average molecular weight is 475 g/mol. The highest BCUT2D eigenvalue weighted by molar-refractivity contribution is 6.20. The standard InChI is InChI=1S/C28H27FN2O4/c1-2-3-10-19-20(24(33)16-32)11-7-12-21(19)27(35)25(26(34)17-8-6-9-18(29)15-17)28-30-22-13-4-5-14-23(22)31-28/h4-9,11-15,24-25,32-33H,2-3,10,16H2,1H3,(H,30,31). The summed E-state index contributed by atoms with van der Waals surface area (Å²) in [7, 11) is 0. The van der Waals surface area contributed by atoms with E-state index in [0.717, 1.165) is 18.9 Å². The fraction of sp³-hybridized carbons (Fsp3) is 0.250. The van der Waals surface area contributed by atoms with Gasteiger partial charge in [0.25, 0.3) is 0 Å². The summed E-state index contributed by atoms with van der Waals surface area (Å²) in [5.74, 6) is -2.84. The first-order valence-electron chi connectivity index (χ1n) is 11.6. The normalized spacial score (nSPS) is 13.0. The number of Topliss-reactive ketones (excluding diaryl/α,β-unsaturated/α-hetero) is 2. The Morgan fingerprint density at radius 1 is 1.03 bits per heavy atom. The van der Waals surface area contributed by atoms with E-state index < -0.39 is 36.0 Å². The number of unbranched alkanes of at least 4 members (excludes halogenated alkanes) is 1. The van der Waals surface area contributed by atoms with Crippen molar-refractivity contribution in [2.75, 3.05) is 6.61 Å². The van der Waals surface area contributed by atoms with E-state index in [0.29, 0.717) is 28.6 Å². The van der Waals surface area contributed by atoms with Crippen molar-refractivity contribution >= 4 is 22.6 Å². The van der Waals surface area contributed by atoms with E-state index in [2.05, 4.69) is 9.97 Å². The van der Waals surface area contributed by atoms with Crippen LogP contribution in [-0.2, 0) is 6.42 Å². The van der Waals surface area contributed by atoms with Crippen LogP contribution in [0.5, 0.6) is 0 Å². The third-order valence-electron chi connectivity index (χ3n) is 6.10. The quantitative estimate of drug-likeness (QED) is 0.224. The van der Waals surface area contributed by atoms with Crippen LogP contribution in [0, 0.1) is 5.82 Å². The minimum atomic E-state index is -1.34. The molecule has 0 amide bonds. The molecule has 0 saturated heterocycles. The number of fused-ring (bicyclic) bond motifs is 1. The predicted octanol–water partition coefficient (Wildman–Crippen LogP) is 4.92. The van der Waals surface area contributed by atoms with Gasteiger partial charge in [0.05, 0.1) is 17.6 Å². The molecule has 0 spiro atoms. The Bertz CT molecular complexity index is 1330. The fourth-order valence-electron chi connectivity index (χ4n) is 4.32. The summed E-state index contributed by atoms with van der Waals surface area (Å²) in [6, 6.07) is 17.3. The molecule has 0 aliphatic rings. The van der Waals surface area contributed by atoms with Crippen LogP contribution in [-0.4, -0.2) is 38.4 Å². The summed E-state index contributed by atoms with van der Waals surface area (Å²) in [6.45, 7) is 1.52. The Balaban J connectivity index is 1.88. The number of carbonyl (C=O) groups excluding carboxylic acids is 2. The SMILES string of the molecule is CCCCc1c(C(=O)C(C(=O)c2cccc(F)c2)c2nc3ccccc3[nH]2)cccc1C(O)CO. The number of para-hydroxylation sites is 2. The lowest BCUT2D eigenvalue weighted by Crippen LogP contribution is -2.25. The number of halogens is 1. The van der Waals surface area contributed by atoms with E-state index in [-0.39, 0.29) is 17.0 Å². The maximum Gasteiger partial charge on any atom is 0.181 e. The van der Waals surface area contributed by atoms with Crippen molar-refractivity contribution in [2.45, 2.75) is 38.2 Å². The summed E-state index contributed by atoms with van der Waals surface area (Å²) in [5.41, 5.74) is 2.65. The molecule has 3 N–H and O–H groups in total. The average Bonchev–Trinajstić information content (AvgIpc) is 3.30. The molecular formula is C28H27FN2O4. The van der Waals surface area contributed by atoms with Crippen LogP contribution in [0.25, 0.3) is 11.0 Å². The van der Waals surface area contributed by atoms with Gasteiger partial charge in [0.1, 0.15) is 23.7 Å². The number of ketones is 2. The number of aromatic amines is 1. The molecule has 0 fully saturated rings. The van der Waals surface area contributed by atoms with Crippen LogP contribution in [0.4, 0.5) is 4.39 Å². The van der Waals surface area contributed by atoms with Gasteiger partial charge in [-0.05, 0) is 48.2 Å². The molecule has 0 saturated carbocycles. The molecule has 0 aliphatic carbocycles. The van der Waals surface area contributed by atoms with Crippen molar-refractivity contribution in [1.29, 1.82) is 0 Å². The highest BCUT2D eigenvalue weighted by atomic mass is 19.1. The molecule has 2 unspecified atom stereocenters. The molecule has 1 heterocycles. The second-order valence-corrected chi connectivity index (χ2v) is 8.49. The Hall–Kier alpha value is -3.68. The zero-order chi connectivity index (χ0) is 24.9. The number of aliphatic hydroxyl groups excluding tert-OH is 2. The second-order valence-electron chi connectivity index (χ2n) is 8.49. The van der Waals surface area contributed by atoms with Gasteiger partial charge in [-0.1, -0.05) is 55.8 Å². The molecule has 0 aliphatic heterocycles. The highest BCUT2D eigenvalue weighted by Gasteiger charge is 2.35. The number of hydrogen-bond acceptors (Lipinski definition) is 5. The van der Waals surface area contributed by atoms with Crippen molar-refractivity contribution < 1.29 is 24.2 Å². The lowest BCUT2D eigenvalue weighted by atomic mass is 9.84. The Morgan fingerprint density at radius 3 is 2.51 bits per heavy atom. The lowest BCUT2D eigenvalue weighted by Gasteiger charge is -2.20. The Kier molecular flexibility index (Phi) is 7.48. The molecule has 4 rings (SSSR count). The van der Waals surface area contributed by atoms with Crippen molar-refractivity contribution in [3.63, 3.8) is 0 Å². The van der Waals surface area contributed by atoms with Crippen molar-refractivity contribution in [3.8, 4) is 0 Å². The maximum absolute atomic E-state index is 14.1.